The molecule has 4 atom stereocenters. The van der Waals surface area contributed by atoms with Crippen molar-refractivity contribution in [3.05, 3.63) is 95.1 Å². The summed E-state index contributed by atoms with van der Waals surface area (Å²) < 4.78 is 21.6. The van der Waals surface area contributed by atoms with Crippen LogP contribution in [0, 0.1) is 0 Å². The quantitative estimate of drug-likeness (QED) is 0.0170. The third kappa shape index (κ3) is 20.7. The highest BCUT2D eigenvalue weighted by atomic mass is 16.5. The molecular formula is C55H77N17O12. The molecule has 84 heavy (non-hydrogen) atoms. The fourth-order valence-electron chi connectivity index (χ4n) is 8.27. The second-order valence-electron chi connectivity index (χ2n) is 18.8. The van der Waals surface area contributed by atoms with Gasteiger partial charge in [0.2, 0.25) is 23.6 Å². The molecule has 29 heteroatoms. The van der Waals surface area contributed by atoms with E-state index in [9.17, 15) is 38.4 Å². The average molecular weight is 1170 g/mol. The minimum absolute atomic E-state index is 0.0139. The molecule has 0 saturated heterocycles. The van der Waals surface area contributed by atoms with E-state index < -0.39 is 71.4 Å². The van der Waals surface area contributed by atoms with Crippen molar-refractivity contribution in [1.82, 2.24) is 16.0 Å². The van der Waals surface area contributed by atoms with Crippen molar-refractivity contribution in [2.24, 2.45) is 55.9 Å². The second kappa shape index (κ2) is 33.9. The first-order chi connectivity index (χ1) is 40.2. The minimum Gasteiger partial charge on any atom is -0.496 e. The molecule has 0 unspecified atom stereocenters. The molecule has 0 bridgehead atoms. The van der Waals surface area contributed by atoms with Crippen molar-refractivity contribution in [1.29, 1.82) is 0 Å². The first kappa shape index (κ1) is 66.8. The predicted octanol–water partition coefficient (Wildman–Crippen LogP) is 0.272. The number of carbonyl (C=O) groups is 8. The second-order valence-corrected chi connectivity index (χ2v) is 18.8. The lowest BCUT2D eigenvalue weighted by Gasteiger charge is -2.21. The maximum absolute atomic E-state index is 14.3. The lowest BCUT2D eigenvalue weighted by Crippen LogP contribution is -2.44. The molecule has 4 aromatic carbocycles. The number of unbranched alkanes of at least 4 members (excludes halogenated alkanes) is 1. The van der Waals surface area contributed by atoms with Gasteiger partial charge in [0.25, 0.3) is 23.6 Å². The maximum atomic E-state index is 14.3. The maximum Gasteiger partial charge on any atom is 0.255 e. The van der Waals surface area contributed by atoms with E-state index in [1.54, 1.807) is 0 Å². The summed E-state index contributed by atoms with van der Waals surface area (Å²) >= 11 is 0. The van der Waals surface area contributed by atoms with Gasteiger partial charge in [-0.15, -0.1) is 0 Å². The van der Waals surface area contributed by atoms with Crippen molar-refractivity contribution < 1.29 is 57.3 Å². The van der Waals surface area contributed by atoms with Crippen LogP contribution in [0.2, 0.25) is 0 Å². The zero-order valence-corrected chi connectivity index (χ0v) is 47.3. The summed E-state index contributed by atoms with van der Waals surface area (Å²) in [4.78, 5) is 117. The van der Waals surface area contributed by atoms with Gasteiger partial charge in [-0.1, -0.05) is 6.42 Å². The van der Waals surface area contributed by atoms with E-state index in [1.165, 1.54) is 101 Å². The van der Waals surface area contributed by atoms with Crippen LogP contribution in [-0.2, 0) is 19.2 Å². The minimum atomic E-state index is -1.29. The highest BCUT2D eigenvalue weighted by Crippen LogP contribution is 2.28. The molecule has 0 aromatic heterocycles. The molecule has 4 rings (SSSR count). The van der Waals surface area contributed by atoms with Crippen LogP contribution in [-0.4, -0.2) is 138 Å². The first-order valence-corrected chi connectivity index (χ1v) is 26.6. The topological polar surface area (TPSA) is 491 Å². The van der Waals surface area contributed by atoms with Gasteiger partial charge >= 0.3 is 0 Å². The van der Waals surface area contributed by atoms with Crippen LogP contribution in [0.15, 0.2) is 82.8 Å². The van der Waals surface area contributed by atoms with E-state index in [4.69, 9.17) is 64.8 Å². The van der Waals surface area contributed by atoms with Crippen molar-refractivity contribution in [3.63, 3.8) is 0 Å². The Kier molecular flexibility index (Phi) is 26.9. The highest BCUT2D eigenvalue weighted by Gasteiger charge is 2.29. The van der Waals surface area contributed by atoms with Crippen LogP contribution in [0.3, 0.4) is 0 Å². The van der Waals surface area contributed by atoms with Gasteiger partial charge in [0.05, 0.1) is 56.7 Å². The van der Waals surface area contributed by atoms with Crippen molar-refractivity contribution in [2.75, 3.05) is 75.9 Å². The molecule has 0 spiro atoms. The van der Waals surface area contributed by atoms with Crippen LogP contribution < -0.4 is 102 Å². The molecule has 454 valence electrons. The molecule has 8 amide bonds. The number of carbonyl (C=O) groups excluding carboxylic acids is 8. The zero-order valence-electron chi connectivity index (χ0n) is 47.3. The molecule has 0 aliphatic heterocycles. The number of hydrogen-bond acceptors (Lipinski definition) is 17. The van der Waals surface area contributed by atoms with Gasteiger partial charge < -0.3 is 102 Å². The van der Waals surface area contributed by atoms with Crippen LogP contribution in [0.1, 0.15) is 99.2 Å². The Morgan fingerprint density at radius 1 is 0.417 bits per heavy atom. The first-order valence-electron chi connectivity index (χ1n) is 26.6. The average Bonchev–Trinajstić information content (AvgIpc) is 3.56. The number of ether oxygens (including phenoxy) is 4. The number of aliphatic imine (C=N–C) groups is 2. The van der Waals surface area contributed by atoms with Crippen LogP contribution >= 0.6 is 0 Å². The zero-order chi connectivity index (χ0) is 61.9. The fourth-order valence-corrected chi connectivity index (χ4v) is 8.27. The molecule has 0 heterocycles. The molecule has 0 aliphatic carbocycles. The largest absolute Gasteiger partial charge is 0.496 e. The third-order valence-corrected chi connectivity index (χ3v) is 12.6. The summed E-state index contributed by atoms with van der Waals surface area (Å²) in [6.45, 7) is 0.825. The van der Waals surface area contributed by atoms with Crippen molar-refractivity contribution >= 4 is 81.9 Å². The smallest absolute Gasteiger partial charge is 0.255 e. The van der Waals surface area contributed by atoms with Crippen molar-refractivity contribution in [2.45, 2.75) is 82.0 Å². The predicted molar refractivity (Wildman–Crippen MR) is 318 cm³/mol. The number of methoxy groups -OCH3 is 4. The van der Waals surface area contributed by atoms with Gasteiger partial charge in [-0.2, -0.15) is 0 Å². The SMILES string of the molecule is COc1ccc(NC(=O)[C@@H](CCCN)NC(=O)c2cc(NC(=O)[C@@H](CCCN=C(N)N)NC(=O)c3cc(NC(=O)[C@@H](CCCN=C(N)N)NC(=O)c4cc(NC(=O)[C@H](N)CCCCN)ccc4OC)ccc3OC)ccc2OC)cc1C(N)=O. The fraction of sp³-hybridized carbons (Fsp3) is 0.382. The van der Waals surface area contributed by atoms with Gasteiger partial charge in [-0.25, -0.2) is 0 Å². The number of nitrogens with two attached hydrogens (primary N) is 8. The van der Waals surface area contributed by atoms with E-state index in [-0.39, 0.29) is 132 Å². The monoisotopic (exact) mass is 1170 g/mol. The number of rotatable bonds is 34. The lowest BCUT2D eigenvalue weighted by molar-refractivity contribution is -0.118. The number of amides is 8. The van der Waals surface area contributed by atoms with E-state index >= 15 is 0 Å². The molecule has 0 fully saturated rings. The van der Waals surface area contributed by atoms with Gasteiger partial charge in [0.15, 0.2) is 11.9 Å². The van der Waals surface area contributed by atoms with Crippen LogP contribution in [0.5, 0.6) is 23.0 Å². The lowest BCUT2D eigenvalue weighted by atomic mass is 10.1. The number of hydrogen-bond donors (Lipinski definition) is 15. The van der Waals surface area contributed by atoms with E-state index in [2.05, 4.69) is 47.2 Å². The molecule has 0 aliphatic rings. The van der Waals surface area contributed by atoms with E-state index in [0.29, 0.717) is 32.2 Å². The van der Waals surface area contributed by atoms with E-state index in [1.807, 2.05) is 0 Å². The number of nitrogens with one attached hydrogen (secondary N) is 7. The molecular weight excluding hydrogens is 1090 g/mol. The van der Waals surface area contributed by atoms with Gasteiger partial charge in [-0.05, 0) is 137 Å². The summed E-state index contributed by atoms with van der Waals surface area (Å²) in [6, 6.07) is 12.5. The van der Waals surface area contributed by atoms with Crippen LogP contribution in [0.4, 0.5) is 22.7 Å². The molecule has 29 nitrogen and oxygen atoms in total. The Labute approximate surface area is 485 Å². The number of anilines is 4. The number of guanidine groups is 2. The summed E-state index contributed by atoms with van der Waals surface area (Å²) in [5, 5.41) is 19.0. The van der Waals surface area contributed by atoms with E-state index in [0.717, 1.165) is 0 Å². The van der Waals surface area contributed by atoms with Gasteiger partial charge in [0, 0.05) is 35.8 Å². The number of primary amides is 1. The summed E-state index contributed by atoms with van der Waals surface area (Å²) in [5.41, 5.74) is 45.5. The normalized spacial score (nSPS) is 12.1. The van der Waals surface area contributed by atoms with Gasteiger partial charge in [-0.3, -0.25) is 48.3 Å². The summed E-state index contributed by atoms with van der Waals surface area (Å²) in [7, 11) is 5.34. The molecule has 0 radical (unpaired) electrons. The Morgan fingerprint density at radius 2 is 0.726 bits per heavy atom. The Bertz CT molecular complexity index is 3020. The molecule has 4 aromatic rings. The Balaban J connectivity index is 1.59. The Hall–Kier alpha value is -9.74. The highest BCUT2D eigenvalue weighted by molar-refractivity contribution is 6.07. The third-order valence-electron chi connectivity index (χ3n) is 12.6. The van der Waals surface area contributed by atoms with Gasteiger partial charge in [0.1, 0.15) is 41.1 Å². The van der Waals surface area contributed by atoms with Crippen LogP contribution in [0.25, 0.3) is 0 Å². The van der Waals surface area contributed by atoms with Crippen molar-refractivity contribution in [3.8, 4) is 23.0 Å². The Morgan fingerprint density at radius 3 is 1.04 bits per heavy atom. The number of benzene rings is 4. The molecule has 23 N–H and O–H groups in total. The standard InChI is InChI=1S/C55H77N17O12/c1-81-42-18-14-30(26-34(42)46(59)73)67-51(78)39(11-7-23-57)70-47(74)36-28-32(16-20-44(36)83-3)68-53(80)41(13-9-25-65-55(62)63)72-49(76)37-29-33(17-21-45(37)84-4)69-52(79)40(12-8-24-64-54(60)61)71-48(75)35-27-31(15-19-43(35)82-2)66-50(77)38(58)10-5-6-22-56/h14-21,26-29,38-41H,5-13,22-25,56-58H2,1-4H3,(H2,59,73)(H,66,77)(H,67,78)(H,68,80)(H,69,79)(H,70,74)(H,71,75)(H,72,76)(H4,60,61,64)(H4,62,63,65)/t38-,39-,40-,41-/m1/s1. The molecule has 0 saturated carbocycles. The summed E-state index contributed by atoms with van der Waals surface area (Å²) in [5.74, 6) is -5.64. The number of nitrogens with zero attached hydrogens (tertiary/aromatic N) is 2. The summed E-state index contributed by atoms with van der Waals surface area (Å²) in [6.07, 6.45) is 2.58.